The van der Waals surface area contributed by atoms with Gasteiger partial charge in [0.2, 0.25) is 0 Å². The molecule has 0 aromatic carbocycles. The first-order valence-corrected chi connectivity index (χ1v) is 6.64. The summed E-state index contributed by atoms with van der Waals surface area (Å²) in [6, 6.07) is 1.86. The van der Waals surface area contributed by atoms with E-state index in [9.17, 15) is 9.59 Å². The molecule has 1 aromatic rings. The molecular weight excluding hydrogens is 250 g/mol. The van der Waals surface area contributed by atoms with Gasteiger partial charge in [0.05, 0.1) is 10.3 Å². The van der Waals surface area contributed by atoms with Crippen LogP contribution in [0.3, 0.4) is 0 Å². The van der Waals surface area contributed by atoms with Crippen molar-refractivity contribution in [3.63, 3.8) is 0 Å². The number of thiophene rings is 1. The van der Waals surface area contributed by atoms with E-state index in [4.69, 9.17) is 5.11 Å². The SMILES string of the molecule is Cc1cc(C(=O)NCCC(C)(C)C(=O)O)sc1C. The van der Waals surface area contributed by atoms with Crippen LogP contribution in [0.1, 0.15) is 40.4 Å². The standard InChI is InChI=1S/C13H19NO3S/c1-8-7-10(18-9(8)2)11(15)14-6-5-13(3,4)12(16)17/h7H,5-6H2,1-4H3,(H,14,15)(H,16,17). The molecule has 1 aromatic heterocycles. The van der Waals surface area contributed by atoms with E-state index in [0.717, 1.165) is 10.4 Å². The van der Waals surface area contributed by atoms with Crippen LogP contribution in [-0.4, -0.2) is 23.5 Å². The minimum Gasteiger partial charge on any atom is -0.481 e. The van der Waals surface area contributed by atoms with Gasteiger partial charge in [0, 0.05) is 11.4 Å². The highest BCUT2D eigenvalue weighted by atomic mass is 32.1. The van der Waals surface area contributed by atoms with E-state index in [1.807, 2.05) is 19.9 Å². The second-order valence-corrected chi connectivity index (χ2v) is 6.30. The third kappa shape index (κ3) is 3.57. The Balaban J connectivity index is 2.50. The molecule has 0 bridgehead atoms. The molecule has 0 radical (unpaired) electrons. The number of hydrogen-bond donors (Lipinski definition) is 2. The summed E-state index contributed by atoms with van der Waals surface area (Å²) in [6.45, 7) is 7.62. The molecular formula is C13H19NO3S. The van der Waals surface area contributed by atoms with Gasteiger partial charge in [-0.2, -0.15) is 0 Å². The lowest BCUT2D eigenvalue weighted by Gasteiger charge is -2.18. The van der Waals surface area contributed by atoms with Crippen molar-refractivity contribution in [3.05, 3.63) is 21.4 Å². The molecule has 1 rings (SSSR count). The lowest BCUT2D eigenvalue weighted by molar-refractivity contribution is -0.147. The minimum atomic E-state index is -0.848. The maximum absolute atomic E-state index is 11.8. The normalized spacial score (nSPS) is 11.3. The number of carbonyl (C=O) groups is 2. The van der Waals surface area contributed by atoms with Crippen molar-refractivity contribution in [1.82, 2.24) is 5.32 Å². The number of carboxylic acids is 1. The highest BCUT2D eigenvalue weighted by molar-refractivity contribution is 7.14. The van der Waals surface area contributed by atoms with Crippen molar-refractivity contribution in [2.45, 2.75) is 34.1 Å². The fraction of sp³-hybridized carbons (Fsp3) is 0.538. The number of aryl methyl sites for hydroxylation is 2. The maximum Gasteiger partial charge on any atom is 0.309 e. The summed E-state index contributed by atoms with van der Waals surface area (Å²) in [5.74, 6) is -0.975. The van der Waals surface area contributed by atoms with Gasteiger partial charge in [-0.1, -0.05) is 0 Å². The van der Waals surface area contributed by atoms with Gasteiger partial charge in [0.1, 0.15) is 0 Å². The first-order chi connectivity index (χ1) is 8.24. The Morgan fingerprint density at radius 2 is 2.00 bits per heavy atom. The predicted octanol–water partition coefficient (Wildman–Crippen LogP) is 2.60. The molecule has 0 fully saturated rings. The second kappa shape index (κ2) is 5.52. The topological polar surface area (TPSA) is 66.4 Å². The Kier molecular flexibility index (Phi) is 4.51. The first kappa shape index (κ1) is 14.7. The summed E-state index contributed by atoms with van der Waals surface area (Å²) >= 11 is 1.46. The van der Waals surface area contributed by atoms with Gasteiger partial charge in [-0.3, -0.25) is 9.59 Å². The van der Waals surface area contributed by atoms with Gasteiger partial charge >= 0.3 is 5.97 Å². The number of amides is 1. The molecule has 0 saturated heterocycles. The molecule has 0 aliphatic carbocycles. The van der Waals surface area contributed by atoms with E-state index in [1.54, 1.807) is 13.8 Å². The lowest BCUT2D eigenvalue weighted by atomic mass is 9.90. The number of hydrogen-bond acceptors (Lipinski definition) is 3. The zero-order valence-corrected chi connectivity index (χ0v) is 12.0. The molecule has 0 saturated carbocycles. The molecule has 5 heteroatoms. The molecule has 0 atom stereocenters. The minimum absolute atomic E-state index is 0.127. The Hall–Kier alpha value is -1.36. The van der Waals surface area contributed by atoms with E-state index in [1.165, 1.54) is 11.3 Å². The molecule has 18 heavy (non-hydrogen) atoms. The van der Waals surface area contributed by atoms with Gasteiger partial charge in [0.25, 0.3) is 5.91 Å². The fourth-order valence-electron chi connectivity index (χ4n) is 1.37. The van der Waals surface area contributed by atoms with E-state index in [-0.39, 0.29) is 5.91 Å². The molecule has 1 heterocycles. The van der Waals surface area contributed by atoms with Crippen molar-refractivity contribution >= 4 is 23.2 Å². The summed E-state index contributed by atoms with van der Waals surface area (Å²) in [7, 11) is 0. The van der Waals surface area contributed by atoms with Crippen LogP contribution in [0.4, 0.5) is 0 Å². The average Bonchev–Trinajstić information content (AvgIpc) is 2.58. The molecule has 2 N–H and O–H groups in total. The van der Waals surface area contributed by atoms with E-state index >= 15 is 0 Å². The van der Waals surface area contributed by atoms with Gasteiger partial charge in [-0.05, 0) is 45.7 Å². The summed E-state index contributed by atoms with van der Waals surface area (Å²) in [4.78, 5) is 24.5. The Bertz CT molecular complexity index is 443. The third-order valence-electron chi connectivity index (χ3n) is 3.00. The summed E-state index contributed by atoms with van der Waals surface area (Å²) < 4.78 is 0. The summed E-state index contributed by atoms with van der Waals surface area (Å²) in [6.07, 6.45) is 0.414. The van der Waals surface area contributed by atoms with E-state index < -0.39 is 11.4 Å². The summed E-state index contributed by atoms with van der Waals surface area (Å²) in [5, 5.41) is 11.7. The number of rotatable bonds is 5. The average molecular weight is 269 g/mol. The molecule has 0 aliphatic rings. The molecule has 100 valence electrons. The van der Waals surface area contributed by atoms with E-state index in [2.05, 4.69) is 5.32 Å². The van der Waals surface area contributed by atoms with Crippen LogP contribution in [0.2, 0.25) is 0 Å². The zero-order chi connectivity index (χ0) is 13.9. The van der Waals surface area contributed by atoms with Crippen LogP contribution in [-0.2, 0) is 4.79 Å². The number of aliphatic carboxylic acids is 1. The smallest absolute Gasteiger partial charge is 0.309 e. The van der Waals surface area contributed by atoms with Crippen LogP contribution in [0.5, 0.6) is 0 Å². The van der Waals surface area contributed by atoms with Crippen molar-refractivity contribution in [3.8, 4) is 0 Å². The molecule has 0 aliphatic heterocycles. The molecule has 0 unspecified atom stereocenters. The highest BCUT2D eigenvalue weighted by Crippen LogP contribution is 2.21. The third-order valence-corrected chi connectivity index (χ3v) is 4.16. The van der Waals surface area contributed by atoms with Crippen LogP contribution in [0, 0.1) is 19.3 Å². The fourth-order valence-corrected chi connectivity index (χ4v) is 2.32. The van der Waals surface area contributed by atoms with Gasteiger partial charge < -0.3 is 10.4 Å². The van der Waals surface area contributed by atoms with Crippen LogP contribution >= 0.6 is 11.3 Å². The zero-order valence-electron chi connectivity index (χ0n) is 11.2. The van der Waals surface area contributed by atoms with Crippen molar-refractivity contribution in [2.75, 3.05) is 6.54 Å². The molecule has 1 amide bonds. The Morgan fingerprint density at radius 1 is 1.39 bits per heavy atom. The summed E-state index contributed by atoms with van der Waals surface area (Å²) in [5.41, 5.74) is 0.296. The quantitative estimate of drug-likeness (QED) is 0.863. The predicted molar refractivity (Wildman–Crippen MR) is 72.2 cm³/mol. The number of carboxylic acid groups (broad SMARTS) is 1. The maximum atomic E-state index is 11.8. The van der Waals surface area contributed by atoms with Crippen LogP contribution in [0.15, 0.2) is 6.07 Å². The Labute approximate surface area is 111 Å². The monoisotopic (exact) mass is 269 g/mol. The number of carbonyl (C=O) groups excluding carboxylic acids is 1. The molecule has 0 spiro atoms. The van der Waals surface area contributed by atoms with E-state index in [0.29, 0.717) is 17.8 Å². The first-order valence-electron chi connectivity index (χ1n) is 5.82. The second-order valence-electron chi connectivity index (χ2n) is 5.04. The van der Waals surface area contributed by atoms with Gasteiger partial charge in [-0.15, -0.1) is 11.3 Å². The van der Waals surface area contributed by atoms with Crippen LogP contribution in [0.25, 0.3) is 0 Å². The Morgan fingerprint density at radius 3 is 2.44 bits per heavy atom. The van der Waals surface area contributed by atoms with Crippen LogP contribution < -0.4 is 5.32 Å². The molecule has 4 nitrogen and oxygen atoms in total. The van der Waals surface area contributed by atoms with Crippen molar-refractivity contribution < 1.29 is 14.7 Å². The van der Waals surface area contributed by atoms with Crippen molar-refractivity contribution in [2.24, 2.45) is 5.41 Å². The number of nitrogens with one attached hydrogen (secondary N) is 1. The highest BCUT2D eigenvalue weighted by Gasteiger charge is 2.26. The largest absolute Gasteiger partial charge is 0.481 e. The van der Waals surface area contributed by atoms with Gasteiger partial charge in [0.15, 0.2) is 0 Å². The lowest BCUT2D eigenvalue weighted by Crippen LogP contribution is -2.31. The van der Waals surface area contributed by atoms with Crippen molar-refractivity contribution in [1.29, 1.82) is 0 Å². The van der Waals surface area contributed by atoms with Gasteiger partial charge in [-0.25, -0.2) is 0 Å².